The second kappa shape index (κ2) is 7.89. The van der Waals surface area contributed by atoms with Crippen LogP contribution in [0.25, 0.3) is 11.2 Å². The van der Waals surface area contributed by atoms with Crippen LogP contribution < -0.4 is 4.74 Å². The third kappa shape index (κ3) is 3.71. The minimum Gasteiger partial charge on any atom is -0.406 e. The number of likely N-dealkylation sites (tertiary alicyclic amines) is 1. The lowest BCUT2D eigenvalue weighted by molar-refractivity contribution is -0.274. The molecule has 11 heteroatoms. The van der Waals surface area contributed by atoms with Crippen molar-refractivity contribution < 1.29 is 31.8 Å². The number of amides is 1. The third-order valence-corrected chi connectivity index (χ3v) is 7.95. The number of fused-ring (bicyclic) bond motifs is 1. The number of halogens is 4. The maximum absolute atomic E-state index is 15.0. The first-order chi connectivity index (χ1) is 17.1. The highest BCUT2D eigenvalue weighted by atomic mass is 19.4. The molecule has 1 aromatic carbocycles. The summed E-state index contributed by atoms with van der Waals surface area (Å²) < 4.78 is 61.5. The molecule has 1 aliphatic heterocycles. The molecule has 4 aliphatic rings. The largest absolute Gasteiger partial charge is 0.573 e. The number of alkyl halides is 3. The van der Waals surface area contributed by atoms with Gasteiger partial charge in [-0.15, -0.1) is 13.2 Å². The quantitative estimate of drug-likeness (QED) is 0.504. The van der Waals surface area contributed by atoms with Crippen molar-refractivity contribution in [3.63, 3.8) is 0 Å². The number of H-pyrrole nitrogens is 1. The molecule has 0 spiro atoms. The highest BCUT2D eigenvalue weighted by Crippen LogP contribution is 2.68. The summed E-state index contributed by atoms with van der Waals surface area (Å²) in [5, 5.41) is 0. The molecular weight excluding hydrogens is 480 g/mol. The summed E-state index contributed by atoms with van der Waals surface area (Å²) in [5.41, 5.74) is 1.86. The van der Waals surface area contributed by atoms with Crippen molar-refractivity contribution >= 4 is 17.1 Å². The van der Waals surface area contributed by atoms with Gasteiger partial charge in [-0.25, -0.2) is 14.4 Å². The topological polar surface area (TPSA) is 80.3 Å². The normalized spacial score (nSPS) is 26.0. The molecule has 0 radical (unpaired) electrons. The van der Waals surface area contributed by atoms with Crippen molar-refractivity contribution in [1.82, 2.24) is 19.9 Å². The molecule has 0 atom stereocenters. The fourth-order valence-electron chi connectivity index (χ4n) is 6.12. The van der Waals surface area contributed by atoms with Crippen LogP contribution in [0.1, 0.15) is 59.8 Å². The predicted molar refractivity (Wildman–Crippen MR) is 120 cm³/mol. The molecule has 3 heterocycles. The molecular formula is C25H24F4N4O3. The van der Waals surface area contributed by atoms with Crippen molar-refractivity contribution in [1.29, 1.82) is 0 Å². The lowest BCUT2D eigenvalue weighted by atomic mass is 9.41. The summed E-state index contributed by atoms with van der Waals surface area (Å²) in [6.45, 7) is 0.795. The molecule has 3 saturated carbocycles. The molecule has 7 nitrogen and oxygen atoms in total. The number of nitrogens with zero attached hydrogens (tertiary/aromatic N) is 3. The number of nitrogens with one attached hydrogen (secondary N) is 1. The van der Waals surface area contributed by atoms with E-state index in [4.69, 9.17) is 4.74 Å². The van der Waals surface area contributed by atoms with Crippen LogP contribution in [-0.4, -0.2) is 57.9 Å². The summed E-state index contributed by atoms with van der Waals surface area (Å²) in [6, 6.07) is 4.86. The number of methoxy groups -OCH3 is 1. The number of piperidine rings is 1. The van der Waals surface area contributed by atoms with E-state index >= 15 is 4.39 Å². The number of imidazole rings is 1. The molecule has 2 aromatic heterocycles. The Bertz CT molecular complexity index is 1310. The first kappa shape index (κ1) is 23.2. The Labute approximate surface area is 203 Å². The molecule has 0 unspecified atom stereocenters. The van der Waals surface area contributed by atoms with Crippen molar-refractivity contribution in [3.05, 3.63) is 53.2 Å². The average molecular weight is 504 g/mol. The van der Waals surface area contributed by atoms with Crippen LogP contribution in [0, 0.1) is 5.82 Å². The second-order valence-electron chi connectivity index (χ2n) is 10.1. The van der Waals surface area contributed by atoms with Crippen LogP contribution >= 0.6 is 0 Å². The van der Waals surface area contributed by atoms with Gasteiger partial charge in [0.1, 0.15) is 17.4 Å². The summed E-state index contributed by atoms with van der Waals surface area (Å²) in [7, 11) is 1.73. The van der Waals surface area contributed by atoms with E-state index in [-0.39, 0.29) is 34.2 Å². The molecule has 3 aliphatic carbocycles. The molecule has 190 valence electrons. The Morgan fingerprint density at radius 2 is 1.81 bits per heavy atom. The molecule has 3 aromatic rings. The maximum atomic E-state index is 15.0. The Kier molecular flexibility index (Phi) is 5.09. The number of ether oxygens (including phenoxy) is 2. The van der Waals surface area contributed by atoms with Gasteiger partial charge in [0.05, 0.1) is 17.3 Å². The second-order valence-corrected chi connectivity index (χ2v) is 10.1. The number of carbonyl (C=O) groups excluding carboxylic acids is 1. The van der Waals surface area contributed by atoms with Crippen LogP contribution in [-0.2, 0) is 10.2 Å². The Morgan fingerprint density at radius 3 is 2.42 bits per heavy atom. The number of pyridine rings is 1. The Morgan fingerprint density at radius 1 is 1.14 bits per heavy atom. The smallest absolute Gasteiger partial charge is 0.406 e. The monoisotopic (exact) mass is 504 g/mol. The van der Waals surface area contributed by atoms with Crippen molar-refractivity contribution in [3.8, 4) is 5.75 Å². The fourth-order valence-corrected chi connectivity index (χ4v) is 6.12. The molecule has 1 amide bonds. The minimum absolute atomic E-state index is 0.0362. The number of rotatable bonds is 5. The van der Waals surface area contributed by atoms with Gasteiger partial charge in [0.25, 0.3) is 5.91 Å². The van der Waals surface area contributed by atoms with Gasteiger partial charge in [0.15, 0.2) is 5.65 Å². The highest BCUT2D eigenvalue weighted by Gasteiger charge is 2.70. The Balaban J connectivity index is 1.16. The molecule has 36 heavy (non-hydrogen) atoms. The molecule has 7 rings (SSSR count). The van der Waals surface area contributed by atoms with Crippen LogP contribution in [0.15, 0.2) is 30.5 Å². The van der Waals surface area contributed by atoms with E-state index in [0.717, 1.165) is 37.2 Å². The van der Waals surface area contributed by atoms with Crippen LogP contribution in [0.2, 0.25) is 0 Å². The highest BCUT2D eigenvalue weighted by molar-refractivity contribution is 5.94. The van der Waals surface area contributed by atoms with E-state index in [1.165, 1.54) is 18.3 Å². The molecule has 2 bridgehead atoms. The third-order valence-electron chi connectivity index (χ3n) is 7.95. The maximum Gasteiger partial charge on any atom is 0.573 e. The number of hydrogen-bond acceptors (Lipinski definition) is 5. The number of aromatic nitrogens is 3. The van der Waals surface area contributed by atoms with E-state index in [1.54, 1.807) is 12.0 Å². The minimum atomic E-state index is -4.79. The summed E-state index contributed by atoms with van der Waals surface area (Å²) in [6.07, 6.45) is 0.212. The van der Waals surface area contributed by atoms with E-state index in [0.29, 0.717) is 42.7 Å². The van der Waals surface area contributed by atoms with Crippen LogP contribution in [0.3, 0.4) is 0 Å². The number of benzene rings is 1. The van der Waals surface area contributed by atoms with Gasteiger partial charge in [0.2, 0.25) is 0 Å². The van der Waals surface area contributed by atoms with Gasteiger partial charge in [-0.2, -0.15) is 0 Å². The average Bonchev–Trinajstić information content (AvgIpc) is 3.21. The van der Waals surface area contributed by atoms with Crippen molar-refractivity contribution in [2.45, 2.75) is 55.4 Å². The zero-order valence-corrected chi connectivity index (χ0v) is 19.5. The SMILES string of the molecule is COC12CC(c3nc4ncc(F)c(C5CCN(C(=O)c6ccc(OC(F)(F)F)cc6)CC5)c4[nH]3)(C1)C2. The molecule has 1 N–H and O–H groups in total. The summed E-state index contributed by atoms with van der Waals surface area (Å²) in [4.78, 5) is 26.8. The van der Waals surface area contributed by atoms with Crippen molar-refractivity contribution in [2.24, 2.45) is 0 Å². The zero-order chi connectivity index (χ0) is 25.3. The van der Waals surface area contributed by atoms with Gasteiger partial charge in [0, 0.05) is 36.7 Å². The molecule has 4 fully saturated rings. The molecule has 1 saturated heterocycles. The van der Waals surface area contributed by atoms with E-state index in [1.807, 2.05) is 0 Å². The van der Waals surface area contributed by atoms with Gasteiger partial charge in [-0.3, -0.25) is 4.79 Å². The van der Waals surface area contributed by atoms with Crippen LogP contribution in [0.4, 0.5) is 17.6 Å². The first-order valence-corrected chi connectivity index (χ1v) is 11.9. The van der Waals surface area contributed by atoms with Crippen LogP contribution in [0.5, 0.6) is 5.75 Å². The Hall–Kier alpha value is -3.21. The lowest BCUT2D eigenvalue weighted by Crippen LogP contribution is -2.70. The van der Waals surface area contributed by atoms with E-state index < -0.39 is 12.2 Å². The van der Waals surface area contributed by atoms with Gasteiger partial charge >= 0.3 is 6.36 Å². The van der Waals surface area contributed by atoms with E-state index in [9.17, 15) is 18.0 Å². The number of aromatic amines is 1. The van der Waals surface area contributed by atoms with Gasteiger partial charge in [-0.1, -0.05) is 0 Å². The number of carbonyl (C=O) groups is 1. The van der Waals surface area contributed by atoms with Crippen molar-refractivity contribution in [2.75, 3.05) is 20.2 Å². The first-order valence-electron chi connectivity index (χ1n) is 11.9. The lowest BCUT2D eigenvalue weighted by Gasteiger charge is -2.68. The number of hydrogen-bond donors (Lipinski definition) is 1. The predicted octanol–water partition coefficient (Wildman–Crippen LogP) is 4.84. The standard InChI is InChI=1S/C25H24F4N4O3/c1-35-24-11-23(12-24,13-24)22-31-19-18(17(26)10-30-20(19)32-22)14-6-8-33(9-7-14)21(34)15-2-4-16(5-3-15)36-25(27,28)29/h2-5,10,14H,6-9,11-13H2,1H3,(H,30,31,32). The summed E-state index contributed by atoms with van der Waals surface area (Å²) in [5.74, 6) is -0.347. The van der Waals surface area contributed by atoms with E-state index in [2.05, 4.69) is 19.7 Å². The summed E-state index contributed by atoms with van der Waals surface area (Å²) >= 11 is 0. The van der Waals surface area contributed by atoms with Gasteiger partial charge < -0.3 is 19.4 Å². The zero-order valence-electron chi connectivity index (χ0n) is 19.5. The fraction of sp³-hybridized carbons (Fsp3) is 0.480. The van der Waals surface area contributed by atoms with Gasteiger partial charge in [-0.05, 0) is 62.3 Å².